The van der Waals surface area contributed by atoms with Crippen LogP contribution in [0.1, 0.15) is 37.8 Å². The van der Waals surface area contributed by atoms with Crippen molar-refractivity contribution in [3.05, 3.63) is 181 Å². The largest absolute Gasteiger partial charge is 0.147 e. The Kier molecular flexibility index (Phi) is 14.7. The molecule has 0 bridgehead atoms. The van der Waals surface area contributed by atoms with Gasteiger partial charge in [-0.2, -0.15) is 12.1 Å². The third-order valence-corrected chi connectivity index (χ3v) is 10.9. The average Bonchev–Trinajstić information content (AvgIpc) is 3.84. The Balaban J connectivity index is 0.000000174. The Morgan fingerprint density at radius 3 is 1.14 bits per heavy atom. The van der Waals surface area contributed by atoms with E-state index < -0.39 is 0 Å². The minimum absolute atomic E-state index is 0. The van der Waals surface area contributed by atoms with Crippen molar-refractivity contribution in [3.8, 4) is 22.3 Å². The Hall–Kier alpha value is -4.30. The maximum absolute atomic E-state index is 2.38. The van der Waals surface area contributed by atoms with Crippen LogP contribution in [0.2, 0.25) is 13.1 Å². The first-order valence-corrected chi connectivity index (χ1v) is 26.3. The fraction of sp³-hybridized carbons (Fsp3) is 0.148. The molecule has 10 aromatic carbocycles. The molecular formula is C54H50Cl2SiZr. The predicted molar refractivity (Wildman–Crippen MR) is 260 cm³/mol. The molecule has 0 nitrogen and oxygen atoms in total. The summed E-state index contributed by atoms with van der Waals surface area (Å²) in [6, 6.07) is 62.6. The van der Waals surface area contributed by atoms with Crippen LogP contribution in [0.3, 0.4) is 0 Å². The van der Waals surface area contributed by atoms with Gasteiger partial charge in [0.25, 0.3) is 0 Å². The first-order chi connectivity index (χ1) is 27.4. The summed E-state index contributed by atoms with van der Waals surface area (Å²) in [6.45, 7) is 9.11. The van der Waals surface area contributed by atoms with Gasteiger partial charge in [0.05, 0.1) is 0 Å². The van der Waals surface area contributed by atoms with Gasteiger partial charge in [-0.25, -0.2) is 0 Å². The van der Waals surface area contributed by atoms with Gasteiger partial charge in [-0.1, -0.05) is 159 Å². The topological polar surface area (TPSA) is 0 Å². The molecule has 0 N–H and O–H groups in total. The van der Waals surface area contributed by atoms with Crippen LogP contribution in [0.25, 0.3) is 86.9 Å². The van der Waals surface area contributed by atoms with Gasteiger partial charge in [-0.15, -0.1) is 93.9 Å². The molecular weight excluding hydrogens is 839 g/mol. The standard InChI is InChI=1S/2C26H21.C2H6Si.2ClH.Zr/c2*1-2-7-18-16-20-9-5-11-24(26(20)17-18)23-13-6-12-22-21-10-4-3-8-19(21)14-15-25(22)23;1-3-2;;;/h2*3-6,8-17H,2,7H2,1H3;1-2H3;2*1H;/q2*-1;;;;+2. The molecule has 0 aliphatic heterocycles. The molecule has 0 atom stereocenters. The van der Waals surface area contributed by atoms with Crippen LogP contribution in [-0.4, -0.2) is 5.43 Å². The summed E-state index contributed by atoms with van der Waals surface area (Å²) in [7, 11) is 0. The fourth-order valence-electron chi connectivity index (χ4n) is 8.48. The number of fused-ring (bicyclic) bond motifs is 8. The van der Waals surface area contributed by atoms with E-state index in [9.17, 15) is 0 Å². The van der Waals surface area contributed by atoms with Gasteiger partial charge in [-0.3, -0.25) is 0 Å². The second-order valence-electron chi connectivity index (χ2n) is 15.2. The third kappa shape index (κ3) is 8.97. The van der Waals surface area contributed by atoms with Gasteiger partial charge >= 0.3 is 41.9 Å². The monoisotopic (exact) mass is 886 g/mol. The predicted octanol–water partition coefficient (Wildman–Crippen LogP) is 16.6. The van der Waals surface area contributed by atoms with Crippen LogP contribution in [0.5, 0.6) is 0 Å². The number of hydrogen-bond donors (Lipinski definition) is 0. The van der Waals surface area contributed by atoms with Crippen LogP contribution in [0.4, 0.5) is 0 Å². The second-order valence-corrected chi connectivity index (χ2v) is 24.6. The molecule has 288 valence electrons. The van der Waals surface area contributed by atoms with Crippen LogP contribution >= 0.6 is 24.8 Å². The fourth-order valence-corrected chi connectivity index (χ4v) is 8.48. The first kappa shape index (κ1) is 43.3. The second kappa shape index (κ2) is 19.6. The van der Waals surface area contributed by atoms with Crippen molar-refractivity contribution in [2.24, 2.45) is 0 Å². The van der Waals surface area contributed by atoms with Crippen molar-refractivity contribution in [3.63, 3.8) is 0 Å². The smallest absolute Gasteiger partial charge is 0.147 e. The van der Waals surface area contributed by atoms with E-state index in [1.54, 1.807) is 23.3 Å². The van der Waals surface area contributed by atoms with Gasteiger partial charge < -0.3 is 0 Å². The van der Waals surface area contributed by atoms with Crippen LogP contribution in [0, 0.1) is 0 Å². The minimum atomic E-state index is 0. The van der Waals surface area contributed by atoms with Crippen molar-refractivity contribution < 1.29 is 23.3 Å². The van der Waals surface area contributed by atoms with E-state index in [1.165, 1.54) is 111 Å². The molecule has 0 aliphatic rings. The van der Waals surface area contributed by atoms with E-state index in [0.717, 1.165) is 12.8 Å². The quantitative estimate of drug-likeness (QED) is 0.0886. The third-order valence-electron chi connectivity index (χ3n) is 10.9. The Morgan fingerprint density at radius 1 is 0.397 bits per heavy atom. The summed E-state index contributed by atoms with van der Waals surface area (Å²) in [5.74, 6) is 0. The molecule has 0 radical (unpaired) electrons. The SMILES string of the molecule is CCCc1cc2c(-c3cccc4c3ccc3ccccc34)cccc2[cH-]1.CCCc1cc2c(-c3cccc4c3ccc3ccccc34)cccc2[cH-]1.C[Si](C)=[Zr+2].Cl.Cl. The van der Waals surface area contributed by atoms with Crippen LogP contribution in [-0.2, 0) is 36.2 Å². The number of rotatable bonds is 6. The van der Waals surface area contributed by atoms with E-state index in [1.807, 2.05) is 0 Å². The summed E-state index contributed by atoms with van der Waals surface area (Å²) < 4.78 is 0. The Morgan fingerprint density at radius 2 is 0.741 bits per heavy atom. The van der Waals surface area contributed by atoms with Gasteiger partial charge in [0.1, 0.15) is 0 Å². The van der Waals surface area contributed by atoms with E-state index in [4.69, 9.17) is 0 Å². The maximum Gasteiger partial charge on any atom is -0.147 e. The van der Waals surface area contributed by atoms with E-state index in [0.29, 0.717) is 0 Å². The molecule has 0 fully saturated rings. The summed E-state index contributed by atoms with van der Waals surface area (Å²) >= 11 is 1.74. The van der Waals surface area contributed by atoms with Gasteiger partial charge in [0, 0.05) is 0 Å². The van der Waals surface area contributed by atoms with Crippen molar-refractivity contribution in [1.82, 2.24) is 0 Å². The molecule has 4 heteroatoms. The van der Waals surface area contributed by atoms with Gasteiger partial charge in [0.2, 0.25) is 0 Å². The number of benzene rings is 8. The average molecular weight is 889 g/mol. The molecule has 10 aromatic rings. The molecule has 58 heavy (non-hydrogen) atoms. The molecule has 0 saturated carbocycles. The zero-order chi connectivity index (χ0) is 38.6. The number of halogens is 2. The first-order valence-electron chi connectivity index (χ1n) is 20.1. The molecule has 0 amide bonds. The van der Waals surface area contributed by atoms with E-state index in [-0.39, 0.29) is 30.2 Å². The zero-order valence-electron chi connectivity index (χ0n) is 33.8. The van der Waals surface area contributed by atoms with Crippen molar-refractivity contribution in [2.75, 3.05) is 0 Å². The molecule has 0 aliphatic carbocycles. The van der Waals surface area contributed by atoms with Gasteiger partial charge in [0.15, 0.2) is 0 Å². The van der Waals surface area contributed by atoms with Gasteiger partial charge in [-0.05, 0) is 67.1 Å². The minimum Gasteiger partial charge on any atom is -0.147 e. The Labute approximate surface area is 371 Å². The summed E-state index contributed by atoms with van der Waals surface area (Å²) in [5, 5.41) is 16.0. The van der Waals surface area contributed by atoms with Crippen LogP contribution in [0.15, 0.2) is 170 Å². The molecule has 0 aromatic heterocycles. The summed E-state index contributed by atoms with van der Waals surface area (Å²) in [4.78, 5) is 0. The zero-order valence-corrected chi connectivity index (χ0v) is 38.9. The van der Waals surface area contributed by atoms with E-state index in [2.05, 4.69) is 197 Å². The molecule has 0 heterocycles. The van der Waals surface area contributed by atoms with Crippen molar-refractivity contribution in [1.29, 1.82) is 0 Å². The van der Waals surface area contributed by atoms with Crippen molar-refractivity contribution >= 4 is 94.9 Å². The Bertz CT molecular complexity index is 2800. The van der Waals surface area contributed by atoms with Crippen LogP contribution < -0.4 is 0 Å². The normalized spacial score (nSPS) is 10.9. The molecule has 0 spiro atoms. The molecule has 0 saturated heterocycles. The summed E-state index contributed by atoms with van der Waals surface area (Å²) in [6.07, 6.45) is 4.67. The summed E-state index contributed by atoms with van der Waals surface area (Å²) in [5.41, 5.74) is 8.43. The number of aryl methyl sites for hydroxylation is 2. The number of hydrogen-bond acceptors (Lipinski definition) is 0. The molecule has 0 unspecified atom stereocenters. The van der Waals surface area contributed by atoms with E-state index >= 15 is 0 Å². The van der Waals surface area contributed by atoms with Crippen molar-refractivity contribution in [2.45, 2.75) is 52.6 Å². The molecule has 10 rings (SSSR count). The maximum atomic E-state index is 2.38.